The zero-order valence-corrected chi connectivity index (χ0v) is 11.6. The fourth-order valence-electron chi connectivity index (χ4n) is 3.99. The molecule has 1 amide bonds. The van der Waals surface area contributed by atoms with Gasteiger partial charge in [-0.3, -0.25) is 9.69 Å². The molecule has 1 aromatic carbocycles. The van der Waals surface area contributed by atoms with Crippen LogP contribution in [-0.4, -0.2) is 43.0 Å². The highest BCUT2D eigenvalue weighted by atomic mass is 16.2. The molecule has 2 fully saturated rings. The topological polar surface area (TPSA) is 44.4 Å². The van der Waals surface area contributed by atoms with Gasteiger partial charge in [-0.25, -0.2) is 0 Å². The molecule has 106 valence electrons. The SMILES string of the molecule is O=C1Nc2ccccc2CCC1N1CC2CNCC2C1. The molecule has 4 rings (SSSR count). The number of likely N-dealkylation sites (tertiary alicyclic amines) is 1. The molecule has 0 saturated carbocycles. The van der Waals surface area contributed by atoms with E-state index in [9.17, 15) is 4.79 Å². The maximum Gasteiger partial charge on any atom is 0.241 e. The lowest BCUT2D eigenvalue weighted by atomic mass is 10.0. The molecule has 0 radical (unpaired) electrons. The van der Waals surface area contributed by atoms with Crippen LogP contribution in [-0.2, 0) is 11.2 Å². The second-order valence-corrected chi connectivity index (χ2v) is 6.33. The quantitative estimate of drug-likeness (QED) is 0.804. The first-order chi connectivity index (χ1) is 9.81. The predicted octanol–water partition coefficient (Wildman–Crippen LogP) is 1.09. The van der Waals surface area contributed by atoms with E-state index in [4.69, 9.17) is 0 Å². The number of hydrogen-bond donors (Lipinski definition) is 2. The van der Waals surface area contributed by atoms with Crippen LogP contribution < -0.4 is 10.6 Å². The van der Waals surface area contributed by atoms with E-state index in [-0.39, 0.29) is 11.9 Å². The third-order valence-electron chi connectivity index (χ3n) is 5.12. The number of rotatable bonds is 1. The van der Waals surface area contributed by atoms with Crippen LogP contribution in [0.15, 0.2) is 24.3 Å². The first-order valence-electron chi connectivity index (χ1n) is 7.65. The molecule has 20 heavy (non-hydrogen) atoms. The maximum absolute atomic E-state index is 12.5. The first kappa shape index (κ1) is 12.4. The molecule has 2 N–H and O–H groups in total. The van der Waals surface area contributed by atoms with E-state index in [2.05, 4.69) is 27.7 Å². The van der Waals surface area contributed by atoms with Crippen LogP contribution in [0.1, 0.15) is 12.0 Å². The van der Waals surface area contributed by atoms with E-state index in [1.165, 1.54) is 5.56 Å². The van der Waals surface area contributed by atoms with Crippen molar-refractivity contribution in [3.05, 3.63) is 29.8 Å². The standard InChI is InChI=1S/C16H21N3O/c20-16-15(19-9-12-7-17-8-13(12)10-19)6-5-11-3-1-2-4-14(11)18-16/h1-4,12-13,15,17H,5-10H2,(H,18,20). The molecule has 0 bridgehead atoms. The fraction of sp³-hybridized carbons (Fsp3) is 0.562. The molecular formula is C16H21N3O. The molecule has 2 saturated heterocycles. The number of nitrogens with zero attached hydrogens (tertiary/aromatic N) is 1. The van der Waals surface area contributed by atoms with Crippen molar-refractivity contribution in [2.24, 2.45) is 11.8 Å². The van der Waals surface area contributed by atoms with Gasteiger partial charge in [-0.2, -0.15) is 0 Å². The fourth-order valence-corrected chi connectivity index (χ4v) is 3.99. The molecule has 3 aliphatic heterocycles. The van der Waals surface area contributed by atoms with Gasteiger partial charge in [0.2, 0.25) is 5.91 Å². The summed E-state index contributed by atoms with van der Waals surface area (Å²) in [6, 6.07) is 8.23. The van der Waals surface area contributed by atoms with Gasteiger partial charge in [0.25, 0.3) is 0 Å². The number of aryl methyl sites for hydroxylation is 1. The largest absolute Gasteiger partial charge is 0.324 e. The minimum Gasteiger partial charge on any atom is -0.324 e. The summed E-state index contributed by atoms with van der Waals surface area (Å²) >= 11 is 0. The summed E-state index contributed by atoms with van der Waals surface area (Å²) < 4.78 is 0. The molecule has 3 atom stereocenters. The van der Waals surface area contributed by atoms with Crippen molar-refractivity contribution in [1.29, 1.82) is 0 Å². The Labute approximate surface area is 119 Å². The van der Waals surface area contributed by atoms with E-state index in [0.29, 0.717) is 0 Å². The van der Waals surface area contributed by atoms with E-state index < -0.39 is 0 Å². The molecule has 4 heteroatoms. The Morgan fingerprint density at radius 2 is 1.85 bits per heavy atom. The Bertz CT molecular complexity index is 518. The molecule has 1 aromatic rings. The van der Waals surface area contributed by atoms with Gasteiger partial charge in [-0.15, -0.1) is 0 Å². The van der Waals surface area contributed by atoms with Crippen molar-refractivity contribution in [1.82, 2.24) is 10.2 Å². The third kappa shape index (κ3) is 2.03. The number of nitrogens with one attached hydrogen (secondary N) is 2. The van der Waals surface area contributed by atoms with Gasteiger partial charge in [0.15, 0.2) is 0 Å². The summed E-state index contributed by atoms with van der Waals surface area (Å²) in [5.41, 5.74) is 2.27. The molecule has 0 aromatic heterocycles. The second-order valence-electron chi connectivity index (χ2n) is 6.33. The maximum atomic E-state index is 12.5. The van der Waals surface area contributed by atoms with Gasteiger partial charge in [0, 0.05) is 18.8 Å². The number of carbonyl (C=O) groups is 1. The monoisotopic (exact) mass is 271 g/mol. The summed E-state index contributed by atoms with van der Waals surface area (Å²) in [5.74, 6) is 1.67. The van der Waals surface area contributed by atoms with Crippen molar-refractivity contribution >= 4 is 11.6 Å². The molecule has 0 aliphatic carbocycles. The van der Waals surface area contributed by atoms with Gasteiger partial charge >= 0.3 is 0 Å². The molecule has 3 aliphatic rings. The van der Waals surface area contributed by atoms with Crippen LogP contribution in [0.3, 0.4) is 0 Å². The van der Waals surface area contributed by atoms with Crippen molar-refractivity contribution in [2.45, 2.75) is 18.9 Å². The normalized spacial score (nSPS) is 33.4. The molecule has 3 unspecified atom stereocenters. The zero-order valence-electron chi connectivity index (χ0n) is 11.6. The number of benzene rings is 1. The Balaban J connectivity index is 1.52. The van der Waals surface area contributed by atoms with Crippen LogP contribution in [0.2, 0.25) is 0 Å². The third-order valence-corrected chi connectivity index (χ3v) is 5.12. The lowest BCUT2D eigenvalue weighted by Crippen LogP contribution is -2.43. The van der Waals surface area contributed by atoms with Gasteiger partial charge in [-0.1, -0.05) is 18.2 Å². The molecule has 4 nitrogen and oxygen atoms in total. The predicted molar refractivity (Wildman–Crippen MR) is 78.6 cm³/mol. The van der Waals surface area contributed by atoms with Gasteiger partial charge in [-0.05, 0) is 49.4 Å². The highest BCUT2D eigenvalue weighted by Gasteiger charge is 2.41. The van der Waals surface area contributed by atoms with E-state index >= 15 is 0 Å². The van der Waals surface area contributed by atoms with Crippen molar-refractivity contribution in [3.8, 4) is 0 Å². The van der Waals surface area contributed by atoms with Crippen molar-refractivity contribution < 1.29 is 4.79 Å². The number of carbonyl (C=O) groups excluding carboxylic acids is 1. The molecular weight excluding hydrogens is 250 g/mol. The van der Waals surface area contributed by atoms with Crippen LogP contribution in [0.5, 0.6) is 0 Å². The molecule has 3 heterocycles. The number of hydrogen-bond acceptors (Lipinski definition) is 3. The Morgan fingerprint density at radius 1 is 1.10 bits per heavy atom. The Hall–Kier alpha value is -1.39. The Morgan fingerprint density at radius 3 is 2.65 bits per heavy atom. The lowest BCUT2D eigenvalue weighted by molar-refractivity contribution is -0.121. The number of fused-ring (bicyclic) bond motifs is 2. The first-order valence-corrected chi connectivity index (χ1v) is 7.65. The highest BCUT2D eigenvalue weighted by Crippen LogP contribution is 2.31. The van der Waals surface area contributed by atoms with Crippen LogP contribution in [0, 0.1) is 11.8 Å². The summed E-state index contributed by atoms with van der Waals surface area (Å²) in [6.07, 6.45) is 1.93. The van der Waals surface area contributed by atoms with E-state index in [1.807, 2.05) is 12.1 Å². The van der Waals surface area contributed by atoms with Gasteiger partial charge < -0.3 is 10.6 Å². The average molecular weight is 271 g/mol. The van der Waals surface area contributed by atoms with Crippen LogP contribution >= 0.6 is 0 Å². The van der Waals surface area contributed by atoms with Crippen molar-refractivity contribution in [3.63, 3.8) is 0 Å². The number of para-hydroxylation sites is 1. The van der Waals surface area contributed by atoms with Gasteiger partial charge in [0.05, 0.1) is 6.04 Å². The molecule has 0 spiro atoms. The zero-order chi connectivity index (χ0) is 13.5. The summed E-state index contributed by atoms with van der Waals surface area (Å²) in [7, 11) is 0. The van der Waals surface area contributed by atoms with Gasteiger partial charge in [0.1, 0.15) is 0 Å². The smallest absolute Gasteiger partial charge is 0.241 e. The summed E-state index contributed by atoms with van der Waals surface area (Å²) in [4.78, 5) is 14.9. The minimum absolute atomic E-state index is 0.0491. The van der Waals surface area contributed by atoms with Crippen molar-refractivity contribution in [2.75, 3.05) is 31.5 Å². The lowest BCUT2D eigenvalue weighted by Gasteiger charge is -2.26. The van der Waals surface area contributed by atoms with E-state index in [0.717, 1.165) is 56.5 Å². The Kier molecular flexibility index (Phi) is 3.00. The number of anilines is 1. The highest BCUT2D eigenvalue weighted by molar-refractivity contribution is 5.96. The second kappa shape index (κ2) is 4.86. The minimum atomic E-state index is 0.0491. The van der Waals surface area contributed by atoms with Crippen LogP contribution in [0.4, 0.5) is 5.69 Å². The van der Waals surface area contributed by atoms with Crippen LogP contribution in [0.25, 0.3) is 0 Å². The summed E-state index contributed by atoms with van der Waals surface area (Å²) in [6.45, 7) is 4.39. The van der Waals surface area contributed by atoms with E-state index in [1.54, 1.807) is 0 Å². The number of amides is 1. The summed E-state index contributed by atoms with van der Waals surface area (Å²) in [5, 5.41) is 6.58. The average Bonchev–Trinajstić information content (AvgIpc) is 2.97.